The molecule has 0 saturated carbocycles. The normalized spacial score (nSPS) is 12.7. The highest BCUT2D eigenvalue weighted by Gasteiger charge is 2.29. The van der Waals surface area contributed by atoms with Gasteiger partial charge >= 0.3 is 5.97 Å². The number of aliphatic carboxylic acids is 1. The van der Waals surface area contributed by atoms with Crippen molar-refractivity contribution in [2.45, 2.75) is 57.8 Å². The standard InChI is InChI=1S/C33H35FN2O5/c1-21(2)30-32(41-33(35)24-11-7-4-8-12-24)29(22-9-5-3-6-10-22)31(23-13-15-25(34)16-14-23)36(30)18-17-26(37)19-27(38)20-28(39)40/h3-16,21,26-27,35,37-38H,17-20H2,1-2H3,(H,39,40)/t26-,27-/m1/s1. The van der Waals surface area contributed by atoms with Gasteiger partial charge in [0.2, 0.25) is 5.90 Å². The van der Waals surface area contributed by atoms with Gasteiger partial charge in [-0.2, -0.15) is 0 Å². The van der Waals surface area contributed by atoms with E-state index < -0.39 is 24.6 Å². The summed E-state index contributed by atoms with van der Waals surface area (Å²) in [6.07, 6.45) is -2.43. The summed E-state index contributed by atoms with van der Waals surface area (Å²) in [6.45, 7) is 4.34. The Hall–Kier alpha value is -4.27. The molecule has 7 nitrogen and oxygen atoms in total. The Kier molecular flexibility index (Phi) is 9.70. The van der Waals surface area contributed by atoms with Gasteiger partial charge in [0.15, 0.2) is 5.75 Å². The number of aromatic nitrogens is 1. The minimum Gasteiger partial charge on any atom is -0.481 e. The van der Waals surface area contributed by atoms with Gasteiger partial charge in [-0.25, -0.2) is 4.39 Å². The summed E-state index contributed by atoms with van der Waals surface area (Å²) in [7, 11) is 0. The Labute approximate surface area is 239 Å². The van der Waals surface area contributed by atoms with Gasteiger partial charge in [-0.15, -0.1) is 0 Å². The lowest BCUT2D eigenvalue weighted by atomic mass is 9.99. The number of rotatable bonds is 12. The van der Waals surface area contributed by atoms with Crippen molar-refractivity contribution in [3.63, 3.8) is 0 Å². The minimum absolute atomic E-state index is 0.0238. The van der Waals surface area contributed by atoms with E-state index in [0.29, 0.717) is 17.9 Å². The second-order valence-corrected chi connectivity index (χ2v) is 10.3. The Balaban J connectivity index is 1.88. The molecule has 214 valence electrons. The molecular formula is C33H35FN2O5. The lowest BCUT2D eigenvalue weighted by Gasteiger charge is -2.20. The summed E-state index contributed by atoms with van der Waals surface area (Å²) in [6, 6.07) is 24.9. The van der Waals surface area contributed by atoms with Crippen LogP contribution >= 0.6 is 0 Å². The SMILES string of the molecule is CC(C)c1c(OC(=N)c2ccccc2)c(-c2ccccc2)c(-c2ccc(F)cc2)n1CC[C@@H](O)C[C@@H](O)CC(=O)O. The number of nitrogens with zero attached hydrogens (tertiary/aromatic N) is 1. The van der Waals surface area contributed by atoms with Crippen LogP contribution in [0.3, 0.4) is 0 Å². The van der Waals surface area contributed by atoms with Crippen LogP contribution in [-0.2, 0) is 11.3 Å². The molecule has 0 bridgehead atoms. The molecule has 4 N–H and O–H groups in total. The molecule has 4 aromatic rings. The summed E-state index contributed by atoms with van der Waals surface area (Å²) < 4.78 is 22.4. The van der Waals surface area contributed by atoms with Crippen LogP contribution in [0.25, 0.3) is 22.4 Å². The van der Waals surface area contributed by atoms with Crippen molar-refractivity contribution in [2.75, 3.05) is 0 Å². The molecular weight excluding hydrogens is 523 g/mol. The summed E-state index contributed by atoms with van der Waals surface area (Å²) in [4.78, 5) is 11.0. The maximum absolute atomic E-state index is 14.0. The van der Waals surface area contributed by atoms with Gasteiger partial charge in [-0.1, -0.05) is 62.4 Å². The van der Waals surface area contributed by atoms with Crippen molar-refractivity contribution >= 4 is 11.9 Å². The monoisotopic (exact) mass is 558 g/mol. The summed E-state index contributed by atoms with van der Waals surface area (Å²) in [5.41, 5.74) is 4.47. The largest absolute Gasteiger partial charge is 0.481 e. The molecule has 41 heavy (non-hydrogen) atoms. The molecule has 0 spiro atoms. The molecule has 8 heteroatoms. The van der Waals surface area contributed by atoms with Crippen LogP contribution in [0.1, 0.15) is 50.3 Å². The molecule has 0 aliphatic heterocycles. The van der Waals surface area contributed by atoms with E-state index in [1.54, 1.807) is 24.3 Å². The van der Waals surface area contributed by atoms with E-state index in [9.17, 15) is 19.4 Å². The number of carbonyl (C=O) groups is 1. The molecule has 4 rings (SSSR count). The first kappa shape index (κ1) is 29.7. The molecule has 0 fully saturated rings. The van der Waals surface area contributed by atoms with Crippen LogP contribution < -0.4 is 4.74 Å². The fourth-order valence-electron chi connectivity index (χ4n) is 5.05. The molecule has 0 amide bonds. The van der Waals surface area contributed by atoms with E-state index in [0.717, 1.165) is 28.1 Å². The third-order valence-electron chi connectivity index (χ3n) is 6.86. The number of aliphatic hydroxyl groups is 2. The molecule has 1 aromatic heterocycles. The topological polar surface area (TPSA) is 116 Å². The molecule has 3 aromatic carbocycles. The van der Waals surface area contributed by atoms with Gasteiger partial charge in [-0.3, -0.25) is 10.2 Å². The molecule has 0 saturated heterocycles. The number of aliphatic hydroxyl groups excluding tert-OH is 2. The Morgan fingerprint density at radius 1 is 0.902 bits per heavy atom. The van der Waals surface area contributed by atoms with Crippen molar-refractivity contribution < 1.29 is 29.2 Å². The Morgan fingerprint density at radius 2 is 1.51 bits per heavy atom. The smallest absolute Gasteiger partial charge is 0.305 e. The van der Waals surface area contributed by atoms with Crippen molar-refractivity contribution in [1.82, 2.24) is 4.57 Å². The summed E-state index contributed by atoms with van der Waals surface area (Å²) >= 11 is 0. The molecule has 0 unspecified atom stereocenters. The number of hydrogen-bond acceptors (Lipinski definition) is 5. The van der Waals surface area contributed by atoms with Crippen LogP contribution in [0.15, 0.2) is 84.9 Å². The van der Waals surface area contributed by atoms with E-state index in [2.05, 4.69) is 0 Å². The van der Waals surface area contributed by atoms with Crippen molar-refractivity contribution in [3.05, 3.63) is 102 Å². The molecule has 0 aliphatic carbocycles. The molecule has 0 radical (unpaired) electrons. The maximum Gasteiger partial charge on any atom is 0.305 e. The van der Waals surface area contributed by atoms with E-state index >= 15 is 0 Å². The minimum atomic E-state index is -1.17. The van der Waals surface area contributed by atoms with Gasteiger partial charge in [-0.05, 0) is 66.3 Å². The molecule has 2 atom stereocenters. The lowest BCUT2D eigenvalue weighted by molar-refractivity contribution is -0.139. The highest BCUT2D eigenvalue weighted by molar-refractivity contribution is 5.96. The number of nitrogens with one attached hydrogen (secondary N) is 1. The van der Waals surface area contributed by atoms with Crippen LogP contribution in [-0.4, -0.2) is 44.0 Å². The summed E-state index contributed by atoms with van der Waals surface area (Å²) in [5, 5.41) is 38.6. The number of hydrogen-bond donors (Lipinski definition) is 4. The maximum atomic E-state index is 14.0. The Bertz CT molecular complexity index is 1470. The number of ether oxygens (including phenoxy) is 1. The van der Waals surface area contributed by atoms with Gasteiger partial charge in [0.1, 0.15) is 5.82 Å². The first-order chi connectivity index (χ1) is 19.7. The highest BCUT2D eigenvalue weighted by Crippen LogP contribution is 2.47. The average molecular weight is 559 g/mol. The third-order valence-corrected chi connectivity index (χ3v) is 6.86. The van der Waals surface area contributed by atoms with Crippen LogP contribution in [0.2, 0.25) is 0 Å². The summed E-state index contributed by atoms with van der Waals surface area (Å²) in [5.74, 6) is -1.10. The number of carboxylic acids is 1. The molecule has 0 aliphatic rings. The van der Waals surface area contributed by atoms with Gasteiger partial charge in [0, 0.05) is 12.1 Å². The second-order valence-electron chi connectivity index (χ2n) is 10.3. The fourth-order valence-corrected chi connectivity index (χ4v) is 5.05. The first-order valence-corrected chi connectivity index (χ1v) is 13.6. The number of carboxylic acid groups (broad SMARTS) is 1. The van der Waals surface area contributed by atoms with Crippen LogP contribution in [0, 0.1) is 11.2 Å². The zero-order valence-corrected chi connectivity index (χ0v) is 23.1. The third kappa shape index (κ3) is 7.28. The lowest BCUT2D eigenvalue weighted by Crippen LogP contribution is -2.22. The fraction of sp³-hybridized carbons (Fsp3) is 0.273. The van der Waals surface area contributed by atoms with Crippen molar-refractivity contribution in [3.8, 4) is 28.1 Å². The van der Waals surface area contributed by atoms with E-state index in [1.807, 2.05) is 66.9 Å². The van der Waals surface area contributed by atoms with Crippen molar-refractivity contribution in [1.29, 1.82) is 5.41 Å². The van der Waals surface area contributed by atoms with E-state index in [-0.39, 0.29) is 30.5 Å². The van der Waals surface area contributed by atoms with E-state index in [1.165, 1.54) is 12.1 Å². The zero-order chi connectivity index (χ0) is 29.5. The van der Waals surface area contributed by atoms with Crippen molar-refractivity contribution in [2.24, 2.45) is 0 Å². The first-order valence-electron chi connectivity index (χ1n) is 13.6. The predicted octanol–water partition coefficient (Wildman–Crippen LogP) is 6.47. The van der Waals surface area contributed by atoms with Gasteiger partial charge in [0.25, 0.3) is 0 Å². The van der Waals surface area contributed by atoms with E-state index in [4.69, 9.17) is 15.3 Å². The zero-order valence-electron chi connectivity index (χ0n) is 23.1. The quantitative estimate of drug-likeness (QED) is 0.118. The van der Waals surface area contributed by atoms with Gasteiger partial charge < -0.3 is 24.6 Å². The molecule has 1 heterocycles. The predicted molar refractivity (Wildman–Crippen MR) is 157 cm³/mol. The number of halogens is 1. The average Bonchev–Trinajstić information content (AvgIpc) is 3.26. The Morgan fingerprint density at radius 3 is 2.10 bits per heavy atom. The number of benzene rings is 3. The van der Waals surface area contributed by atoms with Crippen LogP contribution in [0.5, 0.6) is 5.75 Å². The van der Waals surface area contributed by atoms with Gasteiger partial charge in [0.05, 0.1) is 35.6 Å². The highest BCUT2D eigenvalue weighted by atomic mass is 19.1. The second kappa shape index (κ2) is 13.4. The van der Waals surface area contributed by atoms with Crippen LogP contribution in [0.4, 0.5) is 4.39 Å².